The largest absolute Gasteiger partial charge is 0.373 e. The quantitative estimate of drug-likeness (QED) is 0.595. The topological polar surface area (TPSA) is 27.7 Å². The number of alkyl halides is 1. The Kier molecular flexibility index (Phi) is 5.88. The van der Waals surface area contributed by atoms with Gasteiger partial charge >= 0.3 is 0 Å². The normalized spacial score (nSPS) is 28.2. The molecule has 1 aromatic carbocycles. The average molecular weight is 362 g/mol. The van der Waals surface area contributed by atoms with Gasteiger partial charge in [0.1, 0.15) is 0 Å². The molecule has 18 heavy (non-hydrogen) atoms. The summed E-state index contributed by atoms with van der Waals surface area (Å²) >= 11 is 2.35. The Morgan fingerprint density at radius 1 is 1.28 bits per heavy atom. The second-order valence-electron chi connectivity index (χ2n) is 4.47. The van der Waals surface area contributed by atoms with E-state index in [4.69, 9.17) is 14.2 Å². The van der Waals surface area contributed by atoms with Crippen molar-refractivity contribution < 1.29 is 14.2 Å². The molecule has 4 heteroatoms. The minimum absolute atomic E-state index is 0.126. The van der Waals surface area contributed by atoms with Crippen LogP contribution < -0.4 is 0 Å². The second-order valence-corrected chi connectivity index (χ2v) is 5.35. The van der Waals surface area contributed by atoms with Crippen molar-refractivity contribution in [3.05, 3.63) is 35.9 Å². The summed E-state index contributed by atoms with van der Waals surface area (Å²) in [6, 6.07) is 10.3. The fourth-order valence-electron chi connectivity index (χ4n) is 2.11. The molecule has 0 saturated carbocycles. The van der Waals surface area contributed by atoms with Gasteiger partial charge in [-0.15, -0.1) is 0 Å². The fourth-order valence-corrected chi connectivity index (χ4v) is 2.67. The minimum atomic E-state index is -0.126. The van der Waals surface area contributed by atoms with Gasteiger partial charge in [0.25, 0.3) is 0 Å². The SMILES string of the molecule is CO[C@H]1C[C@@H](OCc2ccccc2)C[C@@H](CI)O1. The zero-order chi connectivity index (χ0) is 12.8. The van der Waals surface area contributed by atoms with Crippen molar-refractivity contribution in [3.63, 3.8) is 0 Å². The molecule has 0 amide bonds. The van der Waals surface area contributed by atoms with Crippen molar-refractivity contribution in [3.8, 4) is 0 Å². The molecule has 0 N–H and O–H groups in total. The summed E-state index contributed by atoms with van der Waals surface area (Å²) < 4.78 is 18.0. The number of benzene rings is 1. The first-order valence-corrected chi connectivity index (χ1v) is 7.74. The Labute approximate surface area is 122 Å². The van der Waals surface area contributed by atoms with Crippen LogP contribution in [-0.2, 0) is 20.8 Å². The van der Waals surface area contributed by atoms with Gasteiger partial charge in [0.2, 0.25) is 0 Å². The predicted molar refractivity (Wildman–Crippen MR) is 78.8 cm³/mol. The van der Waals surface area contributed by atoms with Crippen LogP contribution in [0.2, 0.25) is 0 Å². The van der Waals surface area contributed by atoms with E-state index in [9.17, 15) is 0 Å². The van der Waals surface area contributed by atoms with Gasteiger partial charge in [-0.3, -0.25) is 0 Å². The average Bonchev–Trinajstić information content (AvgIpc) is 2.45. The maximum absolute atomic E-state index is 5.97. The molecule has 0 radical (unpaired) electrons. The summed E-state index contributed by atoms with van der Waals surface area (Å²) in [6.07, 6.45) is 2.11. The van der Waals surface area contributed by atoms with Crippen molar-refractivity contribution in [2.45, 2.75) is 37.9 Å². The fraction of sp³-hybridized carbons (Fsp3) is 0.571. The predicted octanol–water partition coefficient (Wildman–Crippen LogP) is 3.16. The lowest BCUT2D eigenvalue weighted by atomic mass is 10.1. The first-order chi connectivity index (χ1) is 8.81. The number of rotatable bonds is 5. The molecule has 1 saturated heterocycles. The number of hydrogen-bond donors (Lipinski definition) is 0. The molecule has 3 nitrogen and oxygen atoms in total. The summed E-state index contributed by atoms with van der Waals surface area (Å²) in [6.45, 7) is 0.663. The van der Waals surface area contributed by atoms with Crippen molar-refractivity contribution in [1.29, 1.82) is 0 Å². The number of methoxy groups -OCH3 is 1. The van der Waals surface area contributed by atoms with E-state index < -0.39 is 0 Å². The smallest absolute Gasteiger partial charge is 0.160 e. The van der Waals surface area contributed by atoms with Gasteiger partial charge < -0.3 is 14.2 Å². The third-order valence-electron chi connectivity index (χ3n) is 3.09. The Balaban J connectivity index is 1.84. The molecule has 1 aromatic rings. The van der Waals surface area contributed by atoms with Gasteiger partial charge in [0, 0.05) is 24.4 Å². The van der Waals surface area contributed by atoms with Crippen LogP contribution in [0.25, 0.3) is 0 Å². The third-order valence-corrected chi connectivity index (χ3v) is 4.07. The van der Waals surface area contributed by atoms with Crippen LogP contribution in [0, 0.1) is 0 Å². The zero-order valence-corrected chi connectivity index (χ0v) is 12.7. The molecule has 0 spiro atoms. The molecule has 0 unspecified atom stereocenters. The molecule has 0 bridgehead atoms. The standard InChI is InChI=1S/C14H19IO3/c1-16-14-8-12(7-13(9-15)18-14)17-10-11-5-3-2-4-6-11/h2-6,12-14H,7-10H2,1H3/t12-,13-,14+/m0/s1. The maximum atomic E-state index is 5.97. The van der Waals surface area contributed by atoms with Gasteiger partial charge in [0.05, 0.1) is 18.8 Å². The van der Waals surface area contributed by atoms with E-state index in [1.807, 2.05) is 18.2 Å². The lowest BCUT2D eigenvalue weighted by Gasteiger charge is -2.33. The maximum Gasteiger partial charge on any atom is 0.160 e. The van der Waals surface area contributed by atoms with Gasteiger partial charge in [-0.1, -0.05) is 52.9 Å². The van der Waals surface area contributed by atoms with E-state index in [1.54, 1.807) is 7.11 Å². The molecule has 1 fully saturated rings. The lowest BCUT2D eigenvalue weighted by Crippen LogP contribution is -2.38. The highest BCUT2D eigenvalue weighted by atomic mass is 127. The van der Waals surface area contributed by atoms with Crippen LogP contribution in [0.1, 0.15) is 18.4 Å². The van der Waals surface area contributed by atoms with Gasteiger partial charge in [-0.05, 0) is 5.56 Å². The Bertz CT molecular complexity index is 332. The lowest BCUT2D eigenvalue weighted by molar-refractivity contribution is -0.206. The van der Waals surface area contributed by atoms with Crippen molar-refractivity contribution >= 4 is 22.6 Å². The van der Waals surface area contributed by atoms with Gasteiger partial charge in [-0.25, -0.2) is 0 Å². The second kappa shape index (κ2) is 7.43. The Hall–Kier alpha value is -0.170. The number of halogens is 1. The summed E-state index contributed by atoms with van der Waals surface area (Å²) in [4.78, 5) is 0. The van der Waals surface area contributed by atoms with Gasteiger partial charge in [-0.2, -0.15) is 0 Å². The highest BCUT2D eigenvalue weighted by Gasteiger charge is 2.29. The van der Waals surface area contributed by atoms with Crippen LogP contribution in [-0.4, -0.2) is 30.0 Å². The highest BCUT2D eigenvalue weighted by Crippen LogP contribution is 2.24. The van der Waals surface area contributed by atoms with Crippen LogP contribution in [0.3, 0.4) is 0 Å². The summed E-state index contributed by atoms with van der Waals surface area (Å²) in [7, 11) is 1.69. The molecule has 0 aliphatic carbocycles. The summed E-state index contributed by atoms with van der Waals surface area (Å²) in [5.41, 5.74) is 1.21. The van der Waals surface area contributed by atoms with E-state index >= 15 is 0 Å². The van der Waals surface area contributed by atoms with E-state index in [1.165, 1.54) is 5.56 Å². The third kappa shape index (κ3) is 4.19. The van der Waals surface area contributed by atoms with Crippen LogP contribution in [0.15, 0.2) is 30.3 Å². The zero-order valence-electron chi connectivity index (χ0n) is 10.5. The molecule has 3 atom stereocenters. The van der Waals surface area contributed by atoms with Crippen LogP contribution >= 0.6 is 22.6 Å². The van der Waals surface area contributed by atoms with E-state index in [2.05, 4.69) is 34.7 Å². The van der Waals surface area contributed by atoms with Gasteiger partial charge in [0.15, 0.2) is 6.29 Å². The number of hydrogen-bond acceptors (Lipinski definition) is 3. The monoisotopic (exact) mass is 362 g/mol. The van der Waals surface area contributed by atoms with Crippen molar-refractivity contribution in [2.24, 2.45) is 0 Å². The molecule has 0 aromatic heterocycles. The summed E-state index contributed by atoms with van der Waals surface area (Å²) in [5.74, 6) is 0. The summed E-state index contributed by atoms with van der Waals surface area (Å²) in [5, 5.41) is 0. The Morgan fingerprint density at radius 3 is 2.72 bits per heavy atom. The molecule has 100 valence electrons. The van der Waals surface area contributed by atoms with E-state index in [-0.39, 0.29) is 18.5 Å². The molecule has 1 heterocycles. The first kappa shape index (κ1) is 14.2. The minimum Gasteiger partial charge on any atom is -0.373 e. The molecular formula is C14H19IO3. The van der Waals surface area contributed by atoms with Crippen LogP contribution in [0.5, 0.6) is 0 Å². The van der Waals surface area contributed by atoms with Crippen molar-refractivity contribution in [1.82, 2.24) is 0 Å². The van der Waals surface area contributed by atoms with Crippen molar-refractivity contribution in [2.75, 3.05) is 11.5 Å². The molecular weight excluding hydrogens is 343 g/mol. The molecule has 1 aliphatic heterocycles. The number of ether oxygens (including phenoxy) is 3. The molecule has 1 aliphatic rings. The Morgan fingerprint density at radius 2 is 2.06 bits per heavy atom. The first-order valence-electron chi connectivity index (χ1n) is 6.21. The molecule has 2 rings (SSSR count). The van der Waals surface area contributed by atoms with E-state index in [0.29, 0.717) is 6.61 Å². The highest BCUT2D eigenvalue weighted by molar-refractivity contribution is 14.1. The van der Waals surface area contributed by atoms with Crippen LogP contribution in [0.4, 0.5) is 0 Å². The van der Waals surface area contributed by atoms with E-state index in [0.717, 1.165) is 17.3 Å².